The molecule has 0 aliphatic heterocycles. The average Bonchev–Trinajstić information content (AvgIpc) is 3.79. The molecule has 1 N–H and O–H groups in total. The van der Waals surface area contributed by atoms with Gasteiger partial charge in [-0.05, 0) is 52.3 Å². The molecular formula is C32H39N7O6. The SMILES string of the molecule is COc1cc(N(C)CCN(C)C)c([N+](=O)[O-])cc1Nc1ncc(C(=O)OC(C)C)c(-c2cn(OC)c3c(C4CC4)cccc23)n1. The monoisotopic (exact) mass is 617 g/mol. The summed E-state index contributed by atoms with van der Waals surface area (Å²) in [6.45, 7) is 4.82. The van der Waals surface area contributed by atoms with E-state index in [-0.39, 0.29) is 23.3 Å². The van der Waals surface area contributed by atoms with Gasteiger partial charge in [-0.2, -0.15) is 4.73 Å². The number of nitrogens with zero attached hydrogens (tertiary/aromatic N) is 6. The Bertz CT molecular complexity index is 1730. The molecule has 2 aromatic heterocycles. The van der Waals surface area contributed by atoms with Crippen molar-refractivity contribution in [3.8, 4) is 17.0 Å². The summed E-state index contributed by atoms with van der Waals surface area (Å²) in [6.07, 6.45) is 5.06. The topological polar surface area (TPSA) is 137 Å². The molecule has 2 aromatic carbocycles. The molecule has 0 bridgehead atoms. The zero-order chi connectivity index (χ0) is 32.4. The van der Waals surface area contributed by atoms with Crippen molar-refractivity contribution in [1.29, 1.82) is 0 Å². The van der Waals surface area contributed by atoms with E-state index in [9.17, 15) is 14.9 Å². The Kier molecular flexibility index (Phi) is 9.09. The van der Waals surface area contributed by atoms with E-state index in [2.05, 4.69) is 16.4 Å². The molecule has 45 heavy (non-hydrogen) atoms. The van der Waals surface area contributed by atoms with Gasteiger partial charge in [0.05, 0.1) is 41.2 Å². The molecule has 4 aromatic rings. The number of nitro benzene ring substituents is 1. The number of anilines is 3. The fourth-order valence-electron chi connectivity index (χ4n) is 5.27. The number of esters is 1. The standard InChI is InChI=1S/C32H39N7O6/c1-19(2)45-31(40)23-17-33-32(34-25-15-27(39(41)42)26(16-28(25)43-6)37(5)14-13-36(3)4)35-29(23)24-18-38(44-7)30-21(20-11-12-20)9-8-10-22(24)30/h8-10,15-20H,11-14H2,1-7H3,(H,33,34,35). The molecule has 0 spiro atoms. The number of nitrogens with one attached hydrogen (secondary N) is 1. The van der Waals surface area contributed by atoms with Gasteiger partial charge in [-0.25, -0.2) is 14.8 Å². The van der Waals surface area contributed by atoms with E-state index in [1.807, 2.05) is 36.0 Å². The molecule has 1 fully saturated rings. The van der Waals surface area contributed by atoms with Gasteiger partial charge in [0.15, 0.2) is 0 Å². The van der Waals surface area contributed by atoms with Crippen molar-refractivity contribution in [3.05, 3.63) is 64.0 Å². The molecular weight excluding hydrogens is 578 g/mol. The molecule has 1 aliphatic rings. The Morgan fingerprint density at radius 2 is 1.93 bits per heavy atom. The number of methoxy groups -OCH3 is 1. The second-order valence-corrected chi connectivity index (χ2v) is 11.6. The van der Waals surface area contributed by atoms with Gasteiger partial charge in [0.2, 0.25) is 5.95 Å². The van der Waals surface area contributed by atoms with Crippen LogP contribution in [0, 0.1) is 10.1 Å². The molecule has 13 nitrogen and oxygen atoms in total. The van der Waals surface area contributed by atoms with Crippen molar-refractivity contribution in [2.75, 3.05) is 58.7 Å². The number of benzene rings is 2. The van der Waals surface area contributed by atoms with Crippen molar-refractivity contribution in [1.82, 2.24) is 19.6 Å². The van der Waals surface area contributed by atoms with E-state index in [4.69, 9.17) is 19.3 Å². The Balaban J connectivity index is 1.62. The van der Waals surface area contributed by atoms with Crippen LogP contribution in [-0.2, 0) is 4.74 Å². The summed E-state index contributed by atoms with van der Waals surface area (Å²) >= 11 is 0. The van der Waals surface area contributed by atoms with Gasteiger partial charge in [0, 0.05) is 49.4 Å². The minimum absolute atomic E-state index is 0.104. The number of fused-ring (bicyclic) bond motifs is 1. The number of ether oxygens (including phenoxy) is 2. The number of rotatable bonds is 13. The maximum absolute atomic E-state index is 13.3. The molecule has 0 radical (unpaired) electrons. The number of nitro groups is 1. The van der Waals surface area contributed by atoms with Crippen molar-refractivity contribution >= 4 is 39.9 Å². The summed E-state index contributed by atoms with van der Waals surface area (Å²) in [7, 11) is 8.76. The van der Waals surface area contributed by atoms with Crippen LogP contribution in [-0.4, -0.2) is 85.0 Å². The maximum Gasteiger partial charge on any atom is 0.342 e. The van der Waals surface area contributed by atoms with Crippen LogP contribution in [0.25, 0.3) is 22.2 Å². The van der Waals surface area contributed by atoms with Gasteiger partial charge < -0.3 is 29.4 Å². The van der Waals surface area contributed by atoms with Gasteiger partial charge in [-0.15, -0.1) is 0 Å². The van der Waals surface area contributed by atoms with Crippen LogP contribution >= 0.6 is 0 Å². The molecule has 5 rings (SSSR count). The summed E-state index contributed by atoms with van der Waals surface area (Å²) in [5, 5.41) is 16.1. The van der Waals surface area contributed by atoms with Crippen LogP contribution in [0.4, 0.5) is 23.0 Å². The van der Waals surface area contributed by atoms with Crippen LogP contribution in [0.1, 0.15) is 48.5 Å². The van der Waals surface area contributed by atoms with E-state index >= 15 is 0 Å². The lowest BCUT2D eigenvalue weighted by molar-refractivity contribution is -0.384. The largest absolute Gasteiger partial charge is 0.494 e. The van der Waals surface area contributed by atoms with Crippen LogP contribution in [0.3, 0.4) is 0 Å². The highest BCUT2D eigenvalue weighted by Crippen LogP contribution is 2.45. The van der Waals surface area contributed by atoms with E-state index in [1.165, 1.54) is 24.9 Å². The molecule has 1 saturated carbocycles. The lowest BCUT2D eigenvalue weighted by atomic mass is 10.0. The summed E-state index contributed by atoms with van der Waals surface area (Å²) in [5.41, 5.74) is 3.87. The van der Waals surface area contributed by atoms with E-state index < -0.39 is 10.9 Å². The lowest BCUT2D eigenvalue weighted by Gasteiger charge is -2.22. The number of carbonyl (C=O) groups is 1. The normalized spacial score (nSPS) is 12.9. The number of likely N-dealkylation sites (N-methyl/N-ethyl adjacent to an activating group) is 2. The molecule has 0 atom stereocenters. The van der Waals surface area contributed by atoms with Crippen molar-refractivity contribution < 1.29 is 24.0 Å². The zero-order valence-electron chi connectivity index (χ0n) is 26.7. The average molecular weight is 618 g/mol. The first-order valence-corrected chi connectivity index (χ1v) is 14.8. The Labute approximate surface area is 261 Å². The minimum atomic E-state index is -0.568. The number of hydrogen-bond donors (Lipinski definition) is 1. The number of carbonyl (C=O) groups excluding carboxylic acids is 1. The molecule has 0 saturated heterocycles. The predicted octanol–water partition coefficient (Wildman–Crippen LogP) is 5.26. The van der Waals surface area contributed by atoms with Crippen LogP contribution in [0.2, 0.25) is 0 Å². The maximum atomic E-state index is 13.3. The second-order valence-electron chi connectivity index (χ2n) is 11.6. The predicted molar refractivity (Wildman–Crippen MR) is 173 cm³/mol. The summed E-state index contributed by atoms with van der Waals surface area (Å²) in [4.78, 5) is 43.7. The quantitative estimate of drug-likeness (QED) is 0.120. The number of para-hydroxylation sites is 1. The van der Waals surface area contributed by atoms with Gasteiger partial charge in [0.25, 0.3) is 5.69 Å². The van der Waals surface area contributed by atoms with Gasteiger partial charge in [-0.3, -0.25) is 10.1 Å². The smallest absolute Gasteiger partial charge is 0.342 e. The zero-order valence-corrected chi connectivity index (χ0v) is 26.7. The summed E-state index contributed by atoms with van der Waals surface area (Å²) in [5.74, 6) is 0.364. The summed E-state index contributed by atoms with van der Waals surface area (Å²) < 4.78 is 12.9. The third-order valence-electron chi connectivity index (χ3n) is 7.68. The highest BCUT2D eigenvalue weighted by Gasteiger charge is 2.30. The fourth-order valence-corrected chi connectivity index (χ4v) is 5.27. The van der Waals surface area contributed by atoms with Gasteiger partial charge in [-0.1, -0.05) is 18.2 Å². The van der Waals surface area contributed by atoms with E-state index in [0.29, 0.717) is 47.4 Å². The molecule has 238 valence electrons. The van der Waals surface area contributed by atoms with E-state index in [0.717, 1.165) is 23.7 Å². The van der Waals surface area contributed by atoms with Crippen LogP contribution < -0.4 is 19.8 Å². The molecule has 2 heterocycles. The molecule has 1 aliphatic carbocycles. The van der Waals surface area contributed by atoms with Gasteiger partial charge in [0.1, 0.15) is 24.1 Å². The van der Waals surface area contributed by atoms with Crippen molar-refractivity contribution in [2.24, 2.45) is 0 Å². The highest BCUT2D eigenvalue weighted by molar-refractivity contribution is 6.03. The first-order chi connectivity index (χ1) is 21.5. The lowest BCUT2D eigenvalue weighted by Crippen LogP contribution is -2.29. The molecule has 0 amide bonds. The minimum Gasteiger partial charge on any atom is -0.494 e. The second kappa shape index (κ2) is 13.0. The van der Waals surface area contributed by atoms with Crippen molar-refractivity contribution in [2.45, 2.75) is 38.7 Å². The highest BCUT2D eigenvalue weighted by atomic mass is 16.6. The van der Waals surface area contributed by atoms with E-state index in [1.54, 1.807) is 45.0 Å². The third-order valence-corrected chi connectivity index (χ3v) is 7.68. The molecule has 13 heteroatoms. The number of aromatic nitrogens is 3. The van der Waals surface area contributed by atoms with Crippen LogP contribution in [0.15, 0.2) is 42.7 Å². The fraction of sp³-hybridized carbons (Fsp3) is 0.406. The third kappa shape index (κ3) is 6.63. The summed E-state index contributed by atoms with van der Waals surface area (Å²) in [6, 6.07) is 9.09. The first kappa shape index (κ1) is 31.5. The van der Waals surface area contributed by atoms with Gasteiger partial charge >= 0.3 is 5.97 Å². The Morgan fingerprint density at radius 1 is 1.18 bits per heavy atom. The Morgan fingerprint density at radius 3 is 2.56 bits per heavy atom. The van der Waals surface area contributed by atoms with Crippen LogP contribution in [0.5, 0.6) is 5.75 Å². The van der Waals surface area contributed by atoms with Crippen molar-refractivity contribution in [3.63, 3.8) is 0 Å². The first-order valence-electron chi connectivity index (χ1n) is 14.8. The number of hydrogen-bond acceptors (Lipinski definition) is 11. The molecule has 0 unspecified atom stereocenters. The Hall–Kier alpha value is -4.91.